The second-order valence-corrected chi connectivity index (χ2v) is 7.50. The zero-order valence-electron chi connectivity index (χ0n) is 11.4. The van der Waals surface area contributed by atoms with Gasteiger partial charge in [-0.05, 0) is 35.9 Å². The monoisotopic (exact) mass is 393 g/mol. The van der Waals surface area contributed by atoms with E-state index in [1.807, 2.05) is 0 Å². The molecule has 0 amide bonds. The van der Waals surface area contributed by atoms with Crippen molar-refractivity contribution in [3.8, 4) is 0 Å². The molecule has 0 saturated carbocycles. The molecule has 0 radical (unpaired) electrons. The number of carboxylic acids is 1. The maximum absolute atomic E-state index is 12.3. The summed E-state index contributed by atoms with van der Waals surface area (Å²) in [5.41, 5.74) is 0.337. The van der Waals surface area contributed by atoms with Crippen molar-refractivity contribution in [1.29, 1.82) is 0 Å². The number of benzene rings is 2. The van der Waals surface area contributed by atoms with Gasteiger partial charge in [-0.2, -0.15) is 0 Å². The zero-order chi connectivity index (χ0) is 17.2. The van der Waals surface area contributed by atoms with E-state index in [-0.39, 0.29) is 22.0 Å². The van der Waals surface area contributed by atoms with Gasteiger partial charge in [0.1, 0.15) is 4.90 Å². The predicted octanol–water partition coefficient (Wildman–Crippen LogP) is 3.82. The van der Waals surface area contributed by atoms with E-state index in [0.29, 0.717) is 15.6 Å². The molecule has 5 nitrogen and oxygen atoms in total. The van der Waals surface area contributed by atoms with Crippen LogP contribution in [-0.4, -0.2) is 19.5 Å². The first-order valence-electron chi connectivity index (χ1n) is 6.17. The van der Waals surface area contributed by atoms with Gasteiger partial charge in [0.25, 0.3) is 0 Å². The lowest BCUT2D eigenvalue weighted by molar-refractivity contribution is 0.0696. The largest absolute Gasteiger partial charge is 0.478 e. The van der Waals surface area contributed by atoms with Crippen LogP contribution in [0.5, 0.6) is 0 Å². The SMILES string of the molecule is O=C(O)c1ccc(Cl)c(S(=O)(=O)NCc2ccc(Cl)cc2Cl)c1. The van der Waals surface area contributed by atoms with Gasteiger partial charge in [0.15, 0.2) is 0 Å². The van der Waals surface area contributed by atoms with Gasteiger partial charge in [0.05, 0.1) is 10.6 Å². The third kappa shape index (κ3) is 4.37. The maximum Gasteiger partial charge on any atom is 0.335 e. The summed E-state index contributed by atoms with van der Waals surface area (Å²) in [6.45, 7) is -0.0913. The molecule has 2 N–H and O–H groups in total. The molecule has 0 saturated heterocycles. The Morgan fingerprint density at radius 2 is 1.74 bits per heavy atom. The van der Waals surface area contributed by atoms with Gasteiger partial charge in [0.2, 0.25) is 10.0 Å². The number of nitrogens with one attached hydrogen (secondary N) is 1. The Kier molecular flexibility index (Phi) is 5.54. The van der Waals surface area contributed by atoms with Crippen molar-refractivity contribution in [2.45, 2.75) is 11.4 Å². The van der Waals surface area contributed by atoms with E-state index in [9.17, 15) is 13.2 Å². The summed E-state index contributed by atoms with van der Waals surface area (Å²) in [7, 11) is -4.01. The number of carbonyl (C=O) groups is 1. The van der Waals surface area contributed by atoms with Crippen LogP contribution in [0.3, 0.4) is 0 Å². The molecule has 0 bridgehead atoms. The van der Waals surface area contributed by atoms with Crippen molar-refractivity contribution in [3.63, 3.8) is 0 Å². The lowest BCUT2D eigenvalue weighted by Gasteiger charge is -2.10. The summed E-state index contributed by atoms with van der Waals surface area (Å²) < 4.78 is 27.0. The van der Waals surface area contributed by atoms with E-state index in [0.717, 1.165) is 6.07 Å². The van der Waals surface area contributed by atoms with E-state index in [4.69, 9.17) is 39.9 Å². The highest BCUT2D eigenvalue weighted by atomic mass is 35.5. The van der Waals surface area contributed by atoms with E-state index >= 15 is 0 Å². The molecule has 0 atom stereocenters. The van der Waals surface area contributed by atoms with Gasteiger partial charge in [-0.1, -0.05) is 40.9 Å². The Bertz CT molecular complexity index is 868. The number of halogens is 3. The van der Waals surface area contributed by atoms with Gasteiger partial charge in [-0.15, -0.1) is 0 Å². The van der Waals surface area contributed by atoms with Gasteiger partial charge in [-0.3, -0.25) is 0 Å². The lowest BCUT2D eigenvalue weighted by atomic mass is 10.2. The van der Waals surface area contributed by atoms with Crippen LogP contribution in [0.2, 0.25) is 15.1 Å². The molecule has 0 aromatic heterocycles. The van der Waals surface area contributed by atoms with Crippen LogP contribution in [0, 0.1) is 0 Å². The second kappa shape index (κ2) is 7.07. The minimum atomic E-state index is -4.01. The molecule has 0 aliphatic carbocycles. The van der Waals surface area contributed by atoms with Crippen molar-refractivity contribution < 1.29 is 18.3 Å². The van der Waals surface area contributed by atoms with Gasteiger partial charge in [-0.25, -0.2) is 17.9 Å². The Morgan fingerprint density at radius 3 is 2.35 bits per heavy atom. The highest BCUT2D eigenvalue weighted by Gasteiger charge is 2.20. The van der Waals surface area contributed by atoms with E-state index in [1.54, 1.807) is 12.1 Å². The predicted molar refractivity (Wildman–Crippen MR) is 88.9 cm³/mol. The first-order chi connectivity index (χ1) is 10.7. The van der Waals surface area contributed by atoms with E-state index < -0.39 is 16.0 Å². The Balaban J connectivity index is 2.28. The smallest absolute Gasteiger partial charge is 0.335 e. The molecule has 0 aliphatic heterocycles. The zero-order valence-corrected chi connectivity index (χ0v) is 14.5. The van der Waals surface area contributed by atoms with Crippen molar-refractivity contribution in [1.82, 2.24) is 4.72 Å². The maximum atomic E-state index is 12.3. The van der Waals surface area contributed by atoms with Crippen molar-refractivity contribution in [2.75, 3.05) is 0 Å². The summed E-state index contributed by atoms with van der Waals surface area (Å²) in [6.07, 6.45) is 0. The Labute approximate surface area is 147 Å². The van der Waals surface area contributed by atoms with Crippen molar-refractivity contribution in [3.05, 3.63) is 62.6 Å². The fraction of sp³-hybridized carbons (Fsp3) is 0.0714. The van der Waals surface area contributed by atoms with Crippen molar-refractivity contribution >= 4 is 50.8 Å². The van der Waals surface area contributed by atoms with Crippen LogP contribution in [0.1, 0.15) is 15.9 Å². The van der Waals surface area contributed by atoms with Crippen LogP contribution in [0.4, 0.5) is 0 Å². The molecule has 23 heavy (non-hydrogen) atoms. The third-order valence-electron chi connectivity index (χ3n) is 2.94. The molecule has 2 aromatic carbocycles. The quantitative estimate of drug-likeness (QED) is 0.807. The topological polar surface area (TPSA) is 83.5 Å². The minimum Gasteiger partial charge on any atom is -0.478 e. The Morgan fingerprint density at radius 1 is 1.04 bits per heavy atom. The number of hydrogen-bond donors (Lipinski definition) is 2. The summed E-state index contributed by atoms with van der Waals surface area (Å²) in [6, 6.07) is 8.09. The Hall–Kier alpha value is -1.31. The van der Waals surface area contributed by atoms with Gasteiger partial charge < -0.3 is 5.11 Å². The van der Waals surface area contributed by atoms with Crippen LogP contribution in [0.15, 0.2) is 41.3 Å². The molecule has 122 valence electrons. The number of rotatable bonds is 5. The highest BCUT2D eigenvalue weighted by molar-refractivity contribution is 7.89. The normalized spacial score (nSPS) is 11.4. The first-order valence-corrected chi connectivity index (χ1v) is 8.79. The molecule has 0 unspecified atom stereocenters. The molecular formula is C14H10Cl3NO4S. The number of hydrogen-bond acceptors (Lipinski definition) is 3. The van der Waals surface area contributed by atoms with Gasteiger partial charge in [0, 0.05) is 16.6 Å². The van der Waals surface area contributed by atoms with Crippen LogP contribution < -0.4 is 4.72 Å². The fourth-order valence-electron chi connectivity index (χ4n) is 1.76. The summed E-state index contributed by atoms with van der Waals surface area (Å²) in [4.78, 5) is 10.6. The molecule has 2 rings (SSSR count). The summed E-state index contributed by atoms with van der Waals surface area (Å²) in [5.74, 6) is -1.25. The molecule has 0 aliphatic rings. The molecule has 9 heteroatoms. The van der Waals surface area contributed by atoms with Crippen molar-refractivity contribution in [2.24, 2.45) is 0 Å². The fourth-order valence-corrected chi connectivity index (χ4v) is 3.76. The summed E-state index contributed by atoms with van der Waals surface area (Å²) >= 11 is 17.6. The molecule has 0 heterocycles. The van der Waals surface area contributed by atoms with Crippen LogP contribution >= 0.6 is 34.8 Å². The van der Waals surface area contributed by atoms with E-state index in [2.05, 4.69) is 4.72 Å². The van der Waals surface area contributed by atoms with Crippen LogP contribution in [0.25, 0.3) is 0 Å². The number of aromatic carboxylic acids is 1. The molecule has 0 fully saturated rings. The average molecular weight is 395 g/mol. The molecular weight excluding hydrogens is 385 g/mol. The minimum absolute atomic E-state index is 0.0790. The third-order valence-corrected chi connectivity index (χ3v) is 5.41. The average Bonchev–Trinajstić information content (AvgIpc) is 2.46. The second-order valence-electron chi connectivity index (χ2n) is 4.51. The summed E-state index contributed by atoms with van der Waals surface area (Å²) in [5, 5.41) is 9.61. The first kappa shape index (κ1) is 18.0. The number of carboxylic acid groups (broad SMARTS) is 1. The standard InChI is InChI=1S/C14H10Cl3NO4S/c15-10-3-1-9(12(17)6-10)7-18-23(21,22)13-5-8(14(19)20)2-4-11(13)16/h1-6,18H,7H2,(H,19,20). The van der Waals surface area contributed by atoms with Crippen LogP contribution in [-0.2, 0) is 16.6 Å². The number of sulfonamides is 1. The lowest BCUT2D eigenvalue weighted by Crippen LogP contribution is -2.24. The molecule has 2 aromatic rings. The van der Waals surface area contributed by atoms with E-state index in [1.165, 1.54) is 18.2 Å². The highest BCUT2D eigenvalue weighted by Crippen LogP contribution is 2.24. The van der Waals surface area contributed by atoms with Gasteiger partial charge >= 0.3 is 5.97 Å². The molecule has 0 spiro atoms.